The summed E-state index contributed by atoms with van der Waals surface area (Å²) in [6.45, 7) is 5.64. The fourth-order valence-electron chi connectivity index (χ4n) is 1.29. The highest BCUT2D eigenvalue weighted by atomic mass is 19.4. The summed E-state index contributed by atoms with van der Waals surface area (Å²) in [6, 6.07) is 5.17. The lowest BCUT2D eigenvalue weighted by atomic mass is 10.0. The monoisotopic (exact) mass is 246 g/mol. The van der Waals surface area contributed by atoms with E-state index in [0.717, 1.165) is 6.07 Å². The second-order valence-corrected chi connectivity index (χ2v) is 3.22. The average molecular weight is 246 g/mol. The van der Waals surface area contributed by atoms with Gasteiger partial charge in [-0.25, -0.2) is 0 Å². The van der Waals surface area contributed by atoms with Crippen LogP contribution < -0.4 is 0 Å². The molecule has 0 heterocycles. The summed E-state index contributed by atoms with van der Waals surface area (Å²) in [6.07, 6.45) is -4.27. The average Bonchev–Trinajstić information content (AvgIpc) is 2.31. The van der Waals surface area contributed by atoms with E-state index in [-0.39, 0.29) is 24.2 Å². The summed E-state index contributed by atoms with van der Waals surface area (Å²) < 4.78 is 37.5. The van der Waals surface area contributed by atoms with E-state index in [1.165, 1.54) is 18.2 Å². The van der Waals surface area contributed by atoms with Crippen molar-refractivity contribution in [2.45, 2.75) is 39.8 Å². The van der Waals surface area contributed by atoms with E-state index in [1.807, 2.05) is 13.8 Å². The zero-order chi connectivity index (χ0) is 13.5. The minimum absolute atomic E-state index is 0.0526. The van der Waals surface area contributed by atoms with Gasteiger partial charge in [-0.1, -0.05) is 39.0 Å². The molecule has 96 valence electrons. The highest BCUT2D eigenvalue weighted by molar-refractivity contribution is 5.80. The molecule has 0 saturated heterocycles. The first-order chi connectivity index (χ1) is 7.95. The van der Waals surface area contributed by atoms with E-state index >= 15 is 0 Å². The van der Waals surface area contributed by atoms with Crippen molar-refractivity contribution in [3.05, 3.63) is 35.4 Å². The number of alkyl halides is 3. The molecule has 0 spiro atoms. The number of rotatable bonds is 3. The molecule has 1 rings (SSSR count). The molecular weight excluding hydrogens is 229 g/mol. The van der Waals surface area contributed by atoms with E-state index in [9.17, 15) is 18.0 Å². The SMILES string of the molecule is CC.CCC(=O)Cc1ccccc1C(F)(F)F. The Labute approximate surface area is 99.6 Å². The standard InChI is InChI=1S/C11H11F3O.C2H6/c1-2-9(15)7-8-5-3-4-6-10(8)11(12,13)14;1-2/h3-6H,2,7H2,1H3;1-2H3. The molecule has 0 aromatic heterocycles. The first-order valence-electron chi connectivity index (χ1n) is 5.62. The van der Waals surface area contributed by atoms with E-state index in [2.05, 4.69) is 0 Å². The van der Waals surface area contributed by atoms with E-state index in [1.54, 1.807) is 6.92 Å². The third-order valence-corrected chi connectivity index (χ3v) is 2.10. The van der Waals surface area contributed by atoms with E-state index < -0.39 is 11.7 Å². The number of carbonyl (C=O) groups is 1. The number of benzene rings is 1. The van der Waals surface area contributed by atoms with Crippen molar-refractivity contribution in [1.29, 1.82) is 0 Å². The Morgan fingerprint density at radius 3 is 2.18 bits per heavy atom. The van der Waals surface area contributed by atoms with E-state index in [4.69, 9.17) is 0 Å². The van der Waals surface area contributed by atoms with Gasteiger partial charge in [0.2, 0.25) is 0 Å². The molecule has 0 N–H and O–H groups in total. The topological polar surface area (TPSA) is 17.1 Å². The van der Waals surface area contributed by atoms with Gasteiger partial charge in [0.05, 0.1) is 5.56 Å². The van der Waals surface area contributed by atoms with Crippen LogP contribution in [0.2, 0.25) is 0 Å². The van der Waals surface area contributed by atoms with Gasteiger partial charge < -0.3 is 0 Å². The quantitative estimate of drug-likeness (QED) is 0.779. The highest BCUT2D eigenvalue weighted by Crippen LogP contribution is 2.32. The summed E-state index contributed by atoms with van der Waals surface area (Å²) in [5.41, 5.74) is -0.663. The van der Waals surface area contributed by atoms with Gasteiger partial charge in [0.1, 0.15) is 5.78 Å². The predicted molar refractivity (Wildman–Crippen MR) is 61.8 cm³/mol. The van der Waals surface area contributed by atoms with Crippen molar-refractivity contribution in [3.63, 3.8) is 0 Å². The number of halogens is 3. The van der Waals surface area contributed by atoms with Crippen molar-refractivity contribution in [2.24, 2.45) is 0 Å². The number of hydrogen-bond acceptors (Lipinski definition) is 1. The van der Waals surface area contributed by atoms with Crippen molar-refractivity contribution in [1.82, 2.24) is 0 Å². The molecule has 0 aliphatic heterocycles. The van der Waals surface area contributed by atoms with Crippen LogP contribution in [-0.2, 0) is 17.4 Å². The first kappa shape index (κ1) is 15.7. The van der Waals surface area contributed by atoms with Crippen LogP contribution in [0.15, 0.2) is 24.3 Å². The molecule has 0 bridgehead atoms. The summed E-state index contributed by atoms with van der Waals surface area (Å²) in [4.78, 5) is 11.1. The lowest BCUT2D eigenvalue weighted by Gasteiger charge is -2.11. The molecule has 0 atom stereocenters. The summed E-state index contributed by atoms with van der Waals surface area (Å²) in [7, 11) is 0. The maximum absolute atomic E-state index is 12.5. The number of Topliss-reactive ketones (excluding diaryl/α,β-unsaturated/α-hetero) is 1. The Morgan fingerprint density at radius 1 is 1.18 bits per heavy atom. The van der Waals surface area contributed by atoms with Crippen LogP contribution >= 0.6 is 0 Å². The molecule has 1 nitrogen and oxygen atoms in total. The van der Waals surface area contributed by atoms with Gasteiger partial charge in [0.15, 0.2) is 0 Å². The molecule has 0 saturated carbocycles. The molecular formula is C13H17F3O. The van der Waals surface area contributed by atoms with Crippen LogP contribution in [0.25, 0.3) is 0 Å². The molecule has 17 heavy (non-hydrogen) atoms. The predicted octanol–water partition coefficient (Wildman–Crippen LogP) is 4.25. The summed E-state index contributed by atoms with van der Waals surface area (Å²) in [5, 5.41) is 0. The Bertz CT molecular complexity index is 356. The molecule has 0 radical (unpaired) electrons. The maximum atomic E-state index is 12.5. The van der Waals surface area contributed by atoms with Crippen LogP contribution in [0.5, 0.6) is 0 Å². The zero-order valence-corrected chi connectivity index (χ0v) is 10.3. The third kappa shape index (κ3) is 5.02. The second-order valence-electron chi connectivity index (χ2n) is 3.22. The van der Waals surface area contributed by atoms with Gasteiger partial charge in [-0.2, -0.15) is 13.2 Å². The van der Waals surface area contributed by atoms with Gasteiger partial charge in [0.25, 0.3) is 0 Å². The Hall–Kier alpha value is -1.32. The van der Waals surface area contributed by atoms with Crippen LogP contribution in [0, 0.1) is 0 Å². The van der Waals surface area contributed by atoms with Gasteiger partial charge in [-0.05, 0) is 11.6 Å². The fraction of sp³-hybridized carbons (Fsp3) is 0.462. The van der Waals surface area contributed by atoms with Gasteiger partial charge >= 0.3 is 6.18 Å². The third-order valence-electron chi connectivity index (χ3n) is 2.10. The Kier molecular flexibility index (Phi) is 6.54. The molecule has 1 aromatic rings. The lowest BCUT2D eigenvalue weighted by Crippen LogP contribution is -2.11. The van der Waals surface area contributed by atoms with E-state index in [0.29, 0.717) is 0 Å². The molecule has 0 amide bonds. The van der Waals surface area contributed by atoms with Crippen LogP contribution in [0.3, 0.4) is 0 Å². The highest BCUT2D eigenvalue weighted by Gasteiger charge is 2.32. The van der Waals surface area contributed by atoms with Gasteiger partial charge in [-0.15, -0.1) is 0 Å². The molecule has 0 aliphatic rings. The largest absolute Gasteiger partial charge is 0.416 e. The van der Waals surface area contributed by atoms with Crippen LogP contribution in [0.1, 0.15) is 38.3 Å². The molecule has 4 heteroatoms. The van der Waals surface area contributed by atoms with Crippen LogP contribution in [-0.4, -0.2) is 5.78 Å². The summed E-state index contributed by atoms with van der Waals surface area (Å²) in [5.74, 6) is -0.188. The summed E-state index contributed by atoms with van der Waals surface area (Å²) >= 11 is 0. The van der Waals surface area contributed by atoms with Gasteiger partial charge in [-0.3, -0.25) is 4.79 Å². The minimum Gasteiger partial charge on any atom is -0.299 e. The molecule has 0 unspecified atom stereocenters. The Morgan fingerprint density at radius 2 is 1.71 bits per heavy atom. The first-order valence-corrected chi connectivity index (χ1v) is 5.62. The molecule has 0 fully saturated rings. The normalized spacial score (nSPS) is 10.5. The molecule has 0 aliphatic carbocycles. The minimum atomic E-state index is -4.38. The number of ketones is 1. The maximum Gasteiger partial charge on any atom is 0.416 e. The van der Waals surface area contributed by atoms with Crippen LogP contribution in [0.4, 0.5) is 13.2 Å². The fourth-order valence-corrected chi connectivity index (χ4v) is 1.29. The van der Waals surface area contributed by atoms with Crippen molar-refractivity contribution < 1.29 is 18.0 Å². The second kappa shape index (κ2) is 7.09. The van der Waals surface area contributed by atoms with Crippen molar-refractivity contribution in [3.8, 4) is 0 Å². The smallest absolute Gasteiger partial charge is 0.299 e. The number of hydrogen-bond donors (Lipinski definition) is 0. The lowest BCUT2D eigenvalue weighted by molar-refractivity contribution is -0.138. The van der Waals surface area contributed by atoms with Gasteiger partial charge in [0, 0.05) is 12.8 Å². The van der Waals surface area contributed by atoms with Crippen molar-refractivity contribution in [2.75, 3.05) is 0 Å². The molecule has 1 aromatic carbocycles. The van der Waals surface area contributed by atoms with Crippen molar-refractivity contribution >= 4 is 5.78 Å². The Balaban J connectivity index is 0.00000121. The zero-order valence-electron chi connectivity index (χ0n) is 10.3. The number of carbonyl (C=O) groups excluding carboxylic acids is 1.